The van der Waals surface area contributed by atoms with Crippen LogP contribution >= 0.6 is 15.9 Å². The molecule has 1 aliphatic heterocycles. The van der Waals surface area contributed by atoms with E-state index in [1.807, 2.05) is 0 Å². The average molecular weight is 405 g/mol. The fraction of sp³-hybridized carbons (Fsp3) is 0.500. The highest BCUT2D eigenvalue weighted by Crippen LogP contribution is 2.22. The quantitative estimate of drug-likeness (QED) is 0.767. The number of nitrogens with zero attached hydrogens (tertiary/aromatic N) is 1. The van der Waals surface area contributed by atoms with Crippen LogP contribution in [-0.2, 0) is 4.74 Å². The zero-order chi connectivity index (χ0) is 18.1. The van der Waals surface area contributed by atoms with E-state index in [4.69, 9.17) is 4.74 Å². The molecule has 5 nitrogen and oxygen atoms in total. The van der Waals surface area contributed by atoms with Crippen LogP contribution < -0.4 is 5.32 Å². The number of carbonyl (C=O) groups is 2. The van der Waals surface area contributed by atoms with Crippen LogP contribution in [0.1, 0.15) is 37.6 Å². The zero-order valence-electron chi connectivity index (χ0n) is 13.7. The number of rotatable bonds is 2. The van der Waals surface area contributed by atoms with Crippen molar-refractivity contribution in [1.29, 1.82) is 0 Å². The maximum atomic E-state index is 13.9. The summed E-state index contributed by atoms with van der Waals surface area (Å²) in [4.78, 5) is 25.6. The number of ether oxygens (including phenoxy) is 1. The molecule has 0 radical (unpaired) electrons. The van der Waals surface area contributed by atoms with Crippen molar-refractivity contribution in [2.75, 3.05) is 13.1 Å². The molecule has 1 heterocycles. The second-order valence-electron chi connectivity index (χ2n) is 6.60. The molecule has 0 aromatic heterocycles. The standard InChI is InChI=1S/C16H19BrF2N2O3/c1-16(2,3)24-15(23)21-7-6-9(8-21)20-14(22)12-11(18)5-4-10(17)13(12)19/h4-5,9H,6-8H2,1-3H3,(H,20,22). The molecule has 2 rings (SSSR count). The lowest BCUT2D eigenvalue weighted by Crippen LogP contribution is -2.40. The van der Waals surface area contributed by atoms with Crippen LogP contribution in [0.4, 0.5) is 13.6 Å². The highest BCUT2D eigenvalue weighted by molar-refractivity contribution is 9.10. The summed E-state index contributed by atoms with van der Waals surface area (Å²) >= 11 is 2.93. The van der Waals surface area contributed by atoms with Crippen LogP contribution in [-0.4, -0.2) is 41.6 Å². The van der Waals surface area contributed by atoms with Crippen LogP contribution in [0.3, 0.4) is 0 Å². The number of carbonyl (C=O) groups excluding carboxylic acids is 2. The van der Waals surface area contributed by atoms with Crippen molar-refractivity contribution in [1.82, 2.24) is 10.2 Å². The van der Waals surface area contributed by atoms with E-state index in [9.17, 15) is 18.4 Å². The molecule has 132 valence electrons. The molecular formula is C16H19BrF2N2O3. The van der Waals surface area contributed by atoms with Gasteiger partial charge in [-0.1, -0.05) is 0 Å². The Kier molecular flexibility index (Phi) is 5.47. The lowest BCUT2D eigenvalue weighted by molar-refractivity contribution is 0.0290. The highest BCUT2D eigenvalue weighted by atomic mass is 79.9. The van der Waals surface area contributed by atoms with Crippen molar-refractivity contribution >= 4 is 27.9 Å². The molecule has 0 aliphatic carbocycles. The van der Waals surface area contributed by atoms with Gasteiger partial charge in [0.15, 0.2) is 5.82 Å². The van der Waals surface area contributed by atoms with Gasteiger partial charge in [-0.15, -0.1) is 0 Å². The summed E-state index contributed by atoms with van der Waals surface area (Å²) in [5, 5.41) is 2.56. The van der Waals surface area contributed by atoms with Crippen molar-refractivity contribution in [3.63, 3.8) is 0 Å². The molecule has 1 aromatic rings. The summed E-state index contributed by atoms with van der Waals surface area (Å²) in [5.41, 5.74) is -1.25. The number of benzene rings is 1. The van der Waals surface area contributed by atoms with E-state index in [0.29, 0.717) is 13.0 Å². The fourth-order valence-corrected chi connectivity index (χ4v) is 2.69. The maximum absolute atomic E-state index is 13.9. The summed E-state index contributed by atoms with van der Waals surface area (Å²) in [7, 11) is 0. The zero-order valence-corrected chi connectivity index (χ0v) is 15.2. The molecule has 1 fully saturated rings. The molecule has 0 bridgehead atoms. The molecule has 1 aromatic carbocycles. The van der Waals surface area contributed by atoms with Gasteiger partial charge in [-0.3, -0.25) is 4.79 Å². The van der Waals surface area contributed by atoms with E-state index < -0.39 is 34.8 Å². The van der Waals surface area contributed by atoms with E-state index in [0.717, 1.165) is 6.07 Å². The number of hydrogen-bond donors (Lipinski definition) is 1. The van der Waals surface area contributed by atoms with E-state index in [-0.39, 0.29) is 17.1 Å². The Balaban J connectivity index is 2.00. The SMILES string of the molecule is CC(C)(C)OC(=O)N1CCC(NC(=O)c2c(F)ccc(Br)c2F)C1. The molecule has 1 unspecified atom stereocenters. The Bertz CT molecular complexity index is 661. The topological polar surface area (TPSA) is 58.6 Å². The Hall–Kier alpha value is -1.70. The third kappa shape index (κ3) is 4.43. The molecule has 24 heavy (non-hydrogen) atoms. The normalized spacial score (nSPS) is 17.8. The first-order valence-electron chi connectivity index (χ1n) is 7.51. The smallest absolute Gasteiger partial charge is 0.410 e. The molecule has 0 saturated carbocycles. The summed E-state index contributed by atoms with van der Waals surface area (Å²) in [6.45, 7) is 5.93. The molecule has 1 atom stereocenters. The first-order valence-corrected chi connectivity index (χ1v) is 8.30. The van der Waals surface area contributed by atoms with Crippen LogP contribution in [0.25, 0.3) is 0 Å². The van der Waals surface area contributed by atoms with Crippen molar-refractivity contribution in [3.05, 3.63) is 33.8 Å². The van der Waals surface area contributed by atoms with Gasteiger partial charge < -0.3 is 15.0 Å². The van der Waals surface area contributed by atoms with Gasteiger partial charge in [0.05, 0.1) is 4.47 Å². The summed E-state index contributed by atoms with van der Waals surface area (Å²) in [5.74, 6) is -2.73. The minimum atomic E-state index is -0.950. The van der Waals surface area contributed by atoms with Gasteiger partial charge in [0.25, 0.3) is 5.91 Å². The van der Waals surface area contributed by atoms with Gasteiger partial charge in [0.2, 0.25) is 0 Å². The van der Waals surface area contributed by atoms with E-state index in [2.05, 4.69) is 21.2 Å². The van der Waals surface area contributed by atoms with Gasteiger partial charge >= 0.3 is 6.09 Å². The minimum Gasteiger partial charge on any atom is -0.444 e. The van der Waals surface area contributed by atoms with Crippen molar-refractivity contribution in [2.45, 2.75) is 38.8 Å². The van der Waals surface area contributed by atoms with Gasteiger partial charge in [-0.05, 0) is 55.3 Å². The lowest BCUT2D eigenvalue weighted by Gasteiger charge is -2.24. The Morgan fingerprint density at radius 2 is 2.00 bits per heavy atom. The van der Waals surface area contributed by atoms with Gasteiger partial charge in [-0.25, -0.2) is 13.6 Å². The molecular weight excluding hydrogens is 386 g/mol. The van der Waals surface area contributed by atoms with E-state index >= 15 is 0 Å². The summed E-state index contributed by atoms with van der Waals surface area (Å²) < 4.78 is 33.0. The number of amides is 2. The number of halogens is 3. The van der Waals surface area contributed by atoms with Crippen LogP contribution in [0.5, 0.6) is 0 Å². The summed E-state index contributed by atoms with van der Waals surface area (Å²) in [6, 6.07) is 1.83. The Morgan fingerprint density at radius 1 is 1.33 bits per heavy atom. The van der Waals surface area contributed by atoms with E-state index in [1.165, 1.54) is 11.0 Å². The molecule has 1 aliphatic rings. The average Bonchev–Trinajstić information content (AvgIpc) is 2.90. The lowest BCUT2D eigenvalue weighted by atomic mass is 10.1. The van der Waals surface area contributed by atoms with Crippen LogP contribution in [0.15, 0.2) is 16.6 Å². The number of likely N-dealkylation sites (tertiary alicyclic amines) is 1. The monoisotopic (exact) mass is 404 g/mol. The summed E-state index contributed by atoms with van der Waals surface area (Å²) in [6.07, 6.45) is 0.0152. The Labute approximate surface area is 147 Å². The molecule has 8 heteroatoms. The molecule has 1 saturated heterocycles. The second-order valence-corrected chi connectivity index (χ2v) is 7.46. The third-order valence-electron chi connectivity index (χ3n) is 3.45. The van der Waals surface area contributed by atoms with Crippen molar-refractivity contribution in [2.24, 2.45) is 0 Å². The van der Waals surface area contributed by atoms with Gasteiger partial charge in [-0.2, -0.15) is 0 Å². The van der Waals surface area contributed by atoms with Gasteiger partial charge in [0, 0.05) is 19.1 Å². The number of nitrogens with one attached hydrogen (secondary N) is 1. The third-order valence-corrected chi connectivity index (χ3v) is 4.06. The highest BCUT2D eigenvalue weighted by Gasteiger charge is 2.31. The Morgan fingerprint density at radius 3 is 2.62 bits per heavy atom. The minimum absolute atomic E-state index is 0.0100. The molecule has 0 spiro atoms. The first kappa shape index (κ1) is 18.6. The van der Waals surface area contributed by atoms with Crippen molar-refractivity contribution < 1.29 is 23.1 Å². The fourth-order valence-electron chi connectivity index (χ4n) is 2.36. The van der Waals surface area contributed by atoms with E-state index in [1.54, 1.807) is 20.8 Å². The van der Waals surface area contributed by atoms with Crippen LogP contribution in [0, 0.1) is 11.6 Å². The largest absolute Gasteiger partial charge is 0.444 e. The van der Waals surface area contributed by atoms with Crippen LogP contribution in [0.2, 0.25) is 0 Å². The molecule has 1 N–H and O–H groups in total. The first-order chi connectivity index (χ1) is 11.1. The predicted molar refractivity (Wildman–Crippen MR) is 87.7 cm³/mol. The van der Waals surface area contributed by atoms with Gasteiger partial charge in [0.1, 0.15) is 17.0 Å². The second kappa shape index (κ2) is 7.04. The van der Waals surface area contributed by atoms with Crippen molar-refractivity contribution in [3.8, 4) is 0 Å². The number of hydrogen-bond acceptors (Lipinski definition) is 3. The maximum Gasteiger partial charge on any atom is 0.410 e. The predicted octanol–water partition coefficient (Wildman–Crippen LogP) is 3.47. The molecule has 2 amide bonds.